The molecule has 4 nitrogen and oxygen atoms in total. The zero-order valence-corrected chi connectivity index (χ0v) is 15.9. The van der Waals surface area contributed by atoms with Crippen molar-refractivity contribution in [3.63, 3.8) is 0 Å². The van der Waals surface area contributed by atoms with Crippen LogP contribution in [0.1, 0.15) is 22.6 Å². The predicted molar refractivity (Wildman–Crippen MR) is 99.8 cm³/mol. The molecule has 0 radical (unpaired) electrons. The summed E-state index contributed by atoms with van der Waals surface area (Å²) >= 11 is 6.22. The van der Waals surface area contributed by atoms with E-state index in [1.807, 2.05) is 26.0 Å². The van der Waals surface area contributed by atoms with Crippen LogP contribution in [0.15, 0.2) is 30.3 Å². The fraction of sp³-hybridized carbons (Fsp3) is 0.300. The van der Waals surface area contributed by atoms with Crippen LogP contribution in [0.5, 0.6) is 0 Å². The van der Waals surface area contributed by atoms with Crippen molar-refractivity contribution < 1.29 is 18.4 Å². The molecule has 3 rings (SSSR count). The molecule has 1 heterocycles. The lowest BCUT2D eigenvalue weighted by Crippen LogP contribution is -2.33. The second kappa shape index (κ2) is 7.27. The van der Waals surface area contributed by atoms with Crippen molar-refractivity contribution in [2.24, 2.45) is 5.92 Å². The monoisotopic (exact) mass is 392 g/mol. The van der Waals surface area contributed by atoms with Crippen LogP contribution >= 0.6 is 11.6 Å². The highest BCUT2D eigenvalue weighted by molar-refractivity contribution is 6.32. The Morgan fingerprint density at radius 3 is 2.48 bits per heavy atom. The van der Waals surface area contributed by atoms with Crippen LogP contribution in [0.2, 0.25) is 5.02 Å². The molecule has 0 aliphatic carbocycles. The van der Waals surface area contributed by atoms with Gasteiger partial charge in [0.15, 0.2) is 11.6 Å². The summed E-state index contributed by atoms with van der Waals surface area (Å²) in [4.78, 5) is 26.8. The maximum Gasteiger partial charge on any atom is 0.237 e. The lowest BCUT2D eigenvalue weighted by molar-refractivity contribution is -0.135. The Kier molecular flexibility index (Phi) is 5.20. The van der Waals surface area contributed by atoms with E-state index in [1.165, 1.54) is 17.0 Å². The Bertz CT molecular complexity index is 909. The highest BCUT2D eigenvalue weighted by atomic mass is 35.5. The number of nitrogens with zero attached hydrogens (tertiary/aromatic N) is 1. The molecule has 2 atom stereocenters. The normalized spacial score (nSPS) is 19.5. The summed E-state index contributed by atoms with van der Waals surface area (Å²) in [5, 5.41) is 3.00. The molecule has 1 aliphatic heterocycles. The van der Waals surface area contributed by atoms with Gasteiger partial charge in [-0.25, -0.2) is 8.78 Å². The van der Waals surface area contributed by atoms with Crippen LogP contribution in [0.4, 0.5) is 14.5 Å². The zero-order valence-electron chi connectivity index (χ0n) is 15.1. The van der Waals surface area contributed by atoms with Gasteiger partial charge in [0, 0.05) is 24.5 Å². The smallest absolute Gasteiger partial charge is 0.237 e. The molecule has 0 spiro atoms. The second-order valence-corrected chi connectivity index (χ2v) is 7.24. The third-order valence-corrected chi connectivity index (χ3v) is 5.49. The molecule has 2 aromatic rings. The molecule has 7 heteroatoms. The van der Waals surface area contributed by atoms with Gasteiger partial charge in [-0.2, -0.15) is 0 Å². The Morgan fingerprint density at radius 1 is 1.22 bits per heavy atom. The zero-order chi connectivity index (χ0) is 19.9. The van der Waals surface area contributed by atoms with Gasteiger partial charge < -0.3 is 10.2 Å². The fourth-order valence-electron chi connectivity index (χ4n) is 3.50. The number of benzene rings is 2. The Balaban J connectivity index is 1.95. The molecule has 1 N–H and O–H groups in total. The minimum atomic E-state index is -1.15. The lowest BCUT2D eigenvalue weighted by atomic mass is 9.86. The molecule has 0 saturated carbocycles. The average molecular weight is 393 g/mol. The van der Waals surface area contributed by atoms with Gasteiger partial charge in [0.1, 0.15) is 5.92 Å². The summed E-state index contributed by atoms with van der Waals surface area (Å²) < 4.78 is 27.3. The molecule has 1 fully saturated rings. The molecule has 2 unspecified atom stereocenters. The minimum absolute atomic E-state index is 0.287. The fourth-order valence-corrected chi connectivity index (χ4v) is 3.61. The standard InChI is InChI=1S/C20H19ClF2N2O2/c1-10-7-12(8-11(2)17(10)21)13-9-25(3)20(27)16(13)19(26)24-15-6-4-5-14(22)18(15)23/h4-8,13,16H,9H2,1-3H3,(H,24,26). The quantitative estimate of drug-likeness (QED) is 0.801. The van der Waals surface area contributed by atoms with Crippen LogP contribution in [0.3, 0.4) is 0 Å². The van der Waals surface area contributed by atoms with Crippen molar-refractivity contribution in [1.29, 1.82) is 0 Å². The number of hydrogen-bond acceptors (Lipinski definition) is 2. The Labute approximate surface area is 161 Å². The summed E-state index contributed by atoms with van der Waals surface area (Å²) in [6.07, 6.45) is 0. The van der Waals surface area contributed by atoms with Gasteiger partial charge in [-0.3, -0.25) is 9.59 Å². The van der Waals surface area contributed by atoms with Gasteiger partial charge in [-0.1, -0.05) is 29.8 Å². The van der Waals surface area contributed by atoms with Gasteiger partial charge in [-0.15, -0.1) is 0 Å². The number of anilines is 1. The first-order valence-corrected chi connectivity index (χ1v) is 8.85. The van der Waals surface area contributed by atoms with E-state index in [-0.39, 0.29) is 11.6 Å². The Hall–Kier alpha value is -2.47. The van der Waals surface area contributed by atoms with Crippen molar-refractivity contribution in [2.75, 3.05) is 18.9 Å². The Morgan fingerprint density at radius 2 is 1.85 bits per heavy atom. The van der Waals surface area contributed by atoms with Gasteiger partial charge in [0.2, 0.25) is 11.8 Å². The molecular formula is C20H19ClF2N2O2. The number of halogens is 3. The molecule has 27 heavy (non-hydrogen) atoms. The van der Waals surface area contributed by atoms with Crippen molar-refractivity contribution in [2.45, 2.75) is 19.8 Å². The maximum atomic E-state index is 13.9. The number of carbonyl (C=O) groups is 2. The van der Waals surface area contributed by atoms with Crippen LogP contribution in [-0.4, -0.2) is 30.3 Å². The molecule has 142 valence electrons. The number of carbonyl (C=O) groups excluding carboxylic acids is 2. The summed E-state index contributed by atoms with van der Waals surface area (Å²) in [5.74, 6) is -4.68. The van der Waals surface area contributed by atoms with E-state index >= 15 is 0 Å². The molecule has 0 aromatic heterocycles. The third kappa shape index (κ3) is 3.54. The number of hydrogen-bond donors (Lipinski definition) is 1. The van der Waals surface area contributed by atoms with E-state index in [1.54, 1.807) is 7.05 Å². The van der Waals surface area contributed by atoms with Gasteiger partial charge in [-0.05, 0) is 42.7 Å². The van der Waals surface area contributed by atoms with Crippen molar-refractivity contribution in [3.05, 3.63) is 63.7 Å². The van der Waals surface area contributed by atoms with Gasteiger partial charge >= 0.3 is 0 Å². The first-order valence-electron chi connectivity index (χ1n) is 8.47. The van der Waals surface area contributed by atoms with Crippen LogP contribution in [-0.2, 0) is 9.59 Å². The summed E-state index contributed by atoms with van der Waals surface area (Å²) in [6, 6.07) is 7.22. The number of likely N-dealkylation sites (N-methyl/N-ethyl adjacent to an activating group) is 1. The maximum absolute atomic E-state index is 13.9. The van der Waals surface area contributed by atoms with E-state index in [4.69, 9.17) is 11.6 Å². The van der Waals surface area contributed by atoms with E-state index in [2.05, 4.69) is 5.32 Å². The van der Waals surface area contributed by atoms with Crippen molar-refractivity contribution in [1.82, 2.24) is 4.90 Å². The van der Waals surface area contributed by atoms with Gasteiger partial charge in [0.05, 0.1) is 5.69 Å². The average Bonchev–Trinajstić information content (AvgIpc) is 2.91. The van der Waals surface area contributed by atoms with Crippen LogP contribution in [0.25, 0.3) is 0 Å². The number of amides is 2. The molecular weight excluding hydrogens is 374 g/mol. The number of nitrogens with one attached hydrogen (secondary N) is 1. The third-order valence-electron chi connectivity index (χ3n) is 4.89. The lowest BCUT2D eigenvalue weighted by Gasteiger charge is -2.19. The predicted octanol–water partition coefficient (Wildman–Crippen LogP) is 4.05. The second-order valence-electron chi connectivity index (χ2n) is 6.86. The van der Waals surface area contributed by atoms with E-state index < -0.39 is 29.4 Å². The summed E-state index contributed by atoms with van der Waals surface area (Å²) in [5.41, 5.74) is 2.23. The largest absolute Gasteiger partial charge is 0.344 e. The van der Waals surface area contributed by atoms with Crippen LogP contribution < -0.4 is 5.32 Å². The van der Waals surface area contributed by atoms with Crippen LogP contribution in [0, 0.1) is 31.4 Å². The van der Waals surface area contributed by atoms with E-state index in [0.717, 1.165) is 22.8 Å². The number of likely N-dealkylation sites (tertiary alicyclic amines) is 1. The van der Waals surface area contributed by atoms with Gasteiger partial charge in [0.25, 0.3) is 0 Å². The highest BCUT2D eigenvalue weighted by Gasteiger charge is 2.44. The number of aryl methyl sites for hydroxylation is 2. The summed E-state index contributed by atoms with van der Waals surface area (Å²) in [6.45, 7) is 4.07. The minimum Gasteiger partial charge on any atom is -0.344 e. The molecule has 1 saturated heterocycles. The molecule has 1 aliphatic rings. The molecule has 0 bridgehead atoms. The SMILES string of the molecule is Cc1cc(C2CN(C)C(=O)C2C(=O)Nc2cccc(F)c2F)cc(C)c1Cl. The van der Waals surface area contributed by atoms with Crippen molar-refractivity contribution in [3.8, 4) is 0 Å². The molecule has 2 aromatic carbocycles. The van der Waals surface area contributed by atoms with Crippen molar-refractivity contribution >= 4 is 29.1 Å². The highest BCUT2D eigenvalue weighted by Crippen LogP contribution is 2.36. The molecule has 2 amide bonds. The first kappa shape index (κ1) is 19.3. The van der Waals surface area contributed by atoms with E-state index in [0.29, 0.717) is 11.6 Å². The topological polar surface area (TPSA) is 49.4 Å². The van der Waals surface area contributed by atoms with E-state index in [9.17, 15) is 18.4 Å². The number of rotatable bonds is 3. The first-order chi connectivity index (χ1) is 12.7. The summed E-state index contributed by atoms with van der Waals surface area (Å²) in [7, 11) is 1.61.